The Balaban J connectivity index is 1.40. The molecule has 1 atom stereocenters. The van der Waals surface area contributed by atoms with E-state index in [1.165, 1.54) is 11.3 Å². The number of ether oxygens (including phenoxy) is 4. The minimum atomic E-state index is -0.714. The van der Waals surface area contributed by atoms with Gasteiger partial charge in [0.15, 0.2) is 16.3 Å². The predicted molar refractivity (Wildman–Crippen MR) is 192 cm³/mol. The lowest BCUT2D eigenvalue weighted by Gasteiger charge is -2.24. The van der Waals surface area contributed by atoms with Crippen LogP contribution in [0.5, 0.6) is 17.2 Å². The zero-order chi connectivity index (χ0) is 33.8. The molecular weight excluding hydrogens is 692 g/mol. The van der Waals surface area contributed by atoms with Crippen molar-refractivity contribution in [2.45, 2.75) is 40.3 Å². The van der Waals surface area contributed by atoms with Gasteiger partial charge in [0, 0.05) is 0 Å². The van der Waals surface area contributed by atoms with Crippen LogP contribution in [-0.2, 0) is 16.1 Å². The summed E-state index contributed by atoms with van der Waals surface area (Å²) >= 11 is 4.96. The van der Waals surface area contributed by atoms with E-state index in [0.717, 1.165) is 27.5 Å². The van der Waals surface area contributed by atoms with Crippen molar-refractivity contribution in [3.8, 4) is 17.2 Å². The molecule has 0 bridgehead atoms. The molecule has 8 nitrogen and oxygen atoms in total. The van der Waals surface area contributed by atoms with Crippen molar-refractivity contribution < 1.29 is 23.7 Å². The van der Waals surface area contributed by atoms with Crippen molar-refractivity contribution in [2.24, 2.45) is 4.99 Å². The SMILES string of the molecule is CCOC(=O)C1=C(C)N=c2s/c(=C\c3cc(Br)c(OCc4cccc5ccccc45)c(OCC)c3)c(=O)n2[C@H]1c1ccc(OCC)cc1. The highest BCUT2D eigenvalue weighted by atomic mass is 79.9. The first-order chi connectivity index (χ1) is 23.3. The molecule has 0 radical (unpaired) electrons. The Morgan fingerprint density at radius 3 is 2.44 bits per heavy atom. The van der Waals surface area contributed by atoms with Crippen LogP contribution in [0, 0.1) is 0 Å². The summed E-state index contributed by atoms with van der Waals surface area (Å²) in [6.45, 7) is 8.87. The second kappa shape index (κ2) is 14.6. The van der Waals surface area contributed by atoms with E-state index in [0.29, 0.717) is 62.1 Å². The molecule has 1 aliphatic heterocycles. The van der Waals surface area contributed by atoms with Crippen molar-refractivity contribution in [3.63, 3.8) is 0 Å². The number of allylic oxidation sites excluding steroid dienone is 1. The lowest BCUT2D eigenvalue weighted by molar-refractivity contribution is -0.139. The lowest BCUT2D eigenvalue weighted by atomic mass is 9.96. The van der Waals surface area contributed by atoms with Gasteiger partial charge in [-0.25, -0.2) is 9.79 Å². The van der Waals surface area contributed by atoms with Crippen LogP contribution >= 0.6 is 27.3 Å². The first kappa shape index (κ1) is 33.2. The maximum atomic E-state index is 14.1. The molecule has 4 aromatic carbocycles. The number of esters is 1. The lowest BCUT2D eigenvalue weighted by Crippen LogP contribution is -2.39. The summed E-state index contributed by atoms with van der Waals surface area (Å²) in [7, 11) is 0. The number of hydrogen-bond acceptors (Lipinski definition) is 8. The van der Waals surface area contributed by atoms with E-state index in [9.17, 15) is 9.59 Å². The summed E-state index contributed by atoms with van der Waals surface area (Å²) in [6, 6.07) is 24.8. The number of halogens is 1. The van der Waals surface area contributed by atoms with Gasteiger partial charge >= 0.3 is 5.97 Å². The standard InChI is InChI=1S/C38H35BrN2O6S/c1-5-44-28-17-15-26(16-18-28)34-33(37(43)46-7-3)23(4)40-38-41(34)36(42)32(48-38)21-24-19-30(39)35(31(20-24)45-6-2)47-22-27-13-10-12-25-11-8-9-14-29(25)27/h8-21,34H,5-7,22H2,1-4H3/b32-21-/t34-/m0/s1. The molecule has 0 saturated heterocycles. The Kier molecular flexibility index (Phi) is 10.1. The first-order valence-electron chi connectivity index (χ1n) is 15.8. The van der Waals surface area contributed by atoms with E-state index in [4.69, 9.17) is 23.9 Å². The molecule has 48 heavy (non-hydrogen) atoms. The van der Waals surface area contributed by atoms with Gasteiger partial charge in [-0.1, -0.05) is 65.9 Å². The number of carbonyl (C=O) groups is 1. The highest BCUT2D eigenvalue weighted by Crippen LogP contribution is 2.38. The second-order valence-corrected chi connectivity index (χ2v) is 12.9. The monoisotopic (exact) mass is 726 g/mol. The molecule has 0 amide bonds. The number of nitrogens with zero attached hydrogens (tertiary/aromatic N) is 2. The van der Waals surface area contributed by atoms with Gasteiger partial charge < -0.3 is 18.9 Å². The molecule has 0 spiro atoms. The van der Waals surface area contributed by atoms with Gasteiger partial charge in [0.1, 0.15) is 12.4 Å². The topological polar surface area (TPSA) is 88.4 Å². The fourth-order valence-corrected chi connectivity index (χ4v) is 7.43. The van der Waals surface area contributed by atoms with E-state index in [1.54, 1.807) is 18.4 Å². The summed E-state index contributed by atoms with van der Waals surface area (Å²) in [5.74, 6) is 1.33. The molecule has 1 aliphatic rings. The van der Waals surface area contributed by atoms with E-state index in [-0.39, 0.29) is 12.2 Å². The Bertz CT molecular complexity index is 2200. The molecule has 246 valence electrons. The quantitative estimate of drug-likeness (QED) is 0.135. The summed E-state index contributed by atoms with van der Waals surface area (Å²) < 4.78 is 26.1. The molecule has 0 saturated carbocycles. The van der Waals surface area contributed by atoms with Gasteiger partial charge in [0.05, 0.1) is 46.1 Å². The molecule has 10 heteroatoms. The van der Waals surface area contributed by atoms with Crippen LogP contribution in [0.2, 0.25) is 0 Å². The van der Waals surface area contributed by atoms with Gasteiger partial charge in [-0.15, -0.1) is 0 Å². The summed E-state index contributed by atoms with van der Waals surface area (Å²) in [5, 5.41) is 2.28. The maximum Gasteiger partial charge on any atom is 0.338 e. The number of hydrogen-bond donors (Lipinski definition) is 0. The van der Waals surface area contributed by atoms with Crippen LogP contribution in [0.4, 0.5) is 0 Å². The van der Waals surface area contributed by atoms with E-state index >= 15 is 0 Å². The summed E-state index contributed by atoms with van der Waals surface area (Å²) in [5.41, 5.74) is 3.12. The van der Waals surface area contributed by atoms with Crippen molar-refractivity contribution in [1.82, 2.24) is 4.57 Å². The average Bonchev–Trinajstić information content (AvgIpc) is 3.38. The number of aromatic nitrogens is 1. The van der Waals surface area contributed by atoms with Gasteiger partial charge in [-0.3, -0.25) is 9.36 Å². The van der Waals surface area contributed by atoms with Crippen LogP contribution < -0.4 is 29.1 Å². The minimum absolute atomic E-state index is 0.203. The average molecular weight is 728 g/mol. The highest BCUT2D eigenvalue weighted by Gasteiger charge is 2.33. The molecule has 1 aromatic heterocycles. The van der Waals surface area contributed by atoms with Crippen molar-refractivity contribution in [1.29, 1.82) is 0 Å². The number of carbonyl (C=O) groups excluding carboxylic acids is 1. The van der Waals surface area contributed by atoms with Crippen LogP contribution in [0.25, 0.3) is 16.8 Å². The van der Waals surface area contributed by atoms with Gasteiger partial charge in [-0.05, 0) is 101 Å². The highest BCUT2D eigenvalue weighted by molar-refractivity contribution is 9.10. The molecular formula is C38H35BrN2O6S. The molecule has 0 aliphatic carbocycles. The third-order valence-electron chi connectivity index (χ3n) is 7.91. The molecule has 5 aromatic rings. The van der Waals surface area contributed by atoms with E-state index < -0.39 is 12.0 Å². The van der Waals surface area contributed by atoms with Gasteiger partial charge in [-0.2, -0.15) is 0 Å². The zero-order valence-corrected chi connectivity index (χ0v) is 29.5. The molecule has 0 fully saturated rings. The normalized spacial score (nSPS) is 14.4. The first-order valence-corrected chi connectivity index (χ1v) is 17.4. The molecule has 0 unspecified atom stereocenters. The smallest absolute Gasteiger partial charge is 0.338 e. The van der Waals surface area contributed by atoms with Crippen LogP contribution in [0.3, 0.4) is 0 Å². The van der Waals surface area contributed by atoms with Crippen LogP contribution in [0.1, 0.15) is 50.4 Å². The summed E-state index contributed by atoms with van der Waals surface area (Å²) in [4.78, 5) is 32.6. The summed E-state index contributed by atoms with van der Waals surface area (Å²) in [6.07, 6.45) is 1.81. The number of thiazole rings is 1. The predicted octanol–water partition coefficient (Wildman–Crippen LogP) is 7.09. The van der Waals surface area contributed by atoms with E-state index in [2.05, 4.69) is 40.2 Å². The van der Waals surface area contributed by atoms with Crippen molar-refractivity contribution >= 4 is 50.1 Å². The van der Waals surface area contributed by atoms with Gasteiger partial charge in [0.2, 0.25) is 0 Å². The molecule has 0 N–H and O–H groups in total. The Labute approximate surface area is 290 Å². The molecule has 6 rings (SSSR count). The second-order valence-electron chi connectivity index (χ2n) is 11.0. The third-order valence-corrected chi connectivity index (χ3v) is 9.48. The van der Waals surface area contributed by atoms with Gasteiger partial charge in [0.25, 0.3) is 5.56 Å². The Hall–Kier alpha value is -4.67. The van der Waals surface area contributed by atoms with Crippen LogP contribution in [0.15, 0.2) is 104 Å². The fourth-order valence-electron chi connectivity index (χ4n) is 5.81. The number of benzene rings is 4. The number of rotatable bonds is 11. The van der Waals surface area contributed by atoms with E-state index in [1.807, 2.05) is 74.5 Å². The Morgan fingerprint density at radius 2 is 1.69 bits per heavy atom. The molecule has 2 heterocycles. The van der Waals surface area contributed by atoms with Crippen LogP contribution in [-0.4, -0.2) is 30.4 Å². The maximum absolute atomic E-state index is 14.1. The zero-order valence-electron chi connectivity index (χ0n) is 27.1. The largest absolute Gasteiger partial charge is 0.494 e. The van der Waals surface area contributed by atoms with Crippen molar-refractivity contribution in [2.75, 3.05) is 19.8 Å². The minimum Gasteiger partial charge on any atom is -0.494 e. The fraction of sp³-hybridized carbons (Fsp3) is 0.237. The number of fused-ring (bicyclic) bond motifs is 2. The van der Waals surface area contributed by atoms with Crippen molar-refractivity contribution in [3.05, 3.63) is 131 Å². The Morgan fingerprint density at radius 1 is 0.938 bits per heavy atom. The third kappa shape index (κ3) is 6.68.